The second kappa shape index (κ2) is 4.66. The lowest BCUT2D eigenvalue weighted by Gasteiger charge is -2.21. The highest BCUT2D eigenvalue weighted by Crippen LogP contribution is 2.32. The Bertz CT molecular complexity index is 611. The first-order valence-corrected chi connectivity index (χ1v) is 6.60. The van der Waals surface area contributed by atoms with Crippen LogP contribution in [0.4, 0.5) is 13.2 Å². The molecule has 1 aliphatic rings. The molecular weight excluding hydrogens is 265 g/mol. The molecule has 0 amide bonds. The second-order valence-electron chi connectivity index (χ2n) is 5.13. The normalized spacial score (nSPS) is 18.9. The van der Waals surface area contributed by atoms with Crippen LogP contribution in [0.3, 0.4) is 0 Å². The van der Waals surface area contributed by atoms with Crippen LogP contribution in [-0.2, 0) is 12.6 Å². The molecule has 0 aliphatic heterocycles. The summed E-state index contributed by atoms with van der Waals surface area (Å²) in [6.45, 7) is 0. The highest BCUT2D eigenvalue weighted by Gasteiger charge is 2.30. The number of halogens is 3. The third-order valence-corrected chi connectivity index (χ3v) is 3.83. The molecule has 2 nitrogen and oxygen atoms in total. The van der Waals surface area contributed by atoms with E-state index in [1.54, 1.807) is 0 Å². The zero-order valence-electron chi connectivity index (χ0n) is 10.8. The van der Waals surface area contributed by atoms with Crippen molar-refractivity contribution in [3.05, 3.63) is 53.3 Å². The van der Waals surface area contributed by atoms with Crippen molar-refractivity contribution in [3.8, 4) is 5.69 Å². The Labute approximate surface area is 115 Å². The van der Waals surface area contributed by atoms with Gasteiger partial charge in [0.2, 0.25) is 0 Å². The number of alkyl halides is 3. The Kier molecular flexibility index (Phi) is 3.09. The summed E-state index contributed by atoms with van der Waals surface area (Å²) >= 11 is 0. The smallest absolute Gasteiger partial charge is 0.324 e. The molecular formula is C15H15F3N2. The summed E-state index contributed by atoms with van der Waals surface area (Å²) in [5.41, 5.74) is 8.40. The van der Waals surface area contributed by atoms with Gasteiger partial charge in [0.1, 0.15) is 0 Å². The van der Waals surface area contributed by atoms with Gasteiger partial charge in [0, 0.05) is 23.6 Å². The van der Waals surface area contributed by atoms with Crippen molar-refractivity contribution in [2.45, 2.75) is 31.5 Å². The summed E-state index contributed by atoms with van der Waals surface area (Å²) in [6, 6.07) is 7.24. The predicted octanol–water partition coefficient (Wildman–Crippen LogP) is 3.83. The Hall–Kier alpha value is -1.75. The molecule has 0 spiro atoms. The molecule has 0 saturated heterocycles. The first-order valence-electron chi connectivity index (χ1n) is 6.60. The number of aromatic nitrogens is 1. The van der Waals surface area contributed by atoms with Gasteiger partial charge in [0.15, 0.2) is 0 Å². The van der Waals surface area contributed by atoms with E-state index in [4.69, 9.17) is 5.73 Å². The number of nitrogens with two attached hydrogens (primary N) is 1. The van der Waals surface area contributed by atoms with E-state index in [0.717, 1.165) is 48.3 Å². The van der Waals surface area contributed by atoms with Gasteiger partial charge in [0.05, 0.1) is 5.56 Å². The van der Waals surface area contributed by atoms with E-state index in [2.05, 4.69) is 0 Å². The number of hydrogen-bond acceptors (Lipinski definition) is 1. The van der Waals surface area contributed by atoms with E-state index < -0.39 is 11.7 Å². The van der Waals surface area contributed by atoms with Crippen molar-refractivity contribution in [1.29, 1.82) is 0 Å². The number of nitrogens with zero attached hydrogens (tertiary/aromatic N) is 1. The van der Waals surface area contributed by atoms with Crippen molar-refractivity contribution in [1.82, 2.24) is 4.57 Å². The Morgan fingerprint density at radius 1 is 1.10 bits per heavy atom. The molecule has 1 aliphatic carbocycles. The summed E-state index contributed by atoms with van der Waals surface area (Å²) < 4.78 is 39.6. The fraction of sp³-hybridized carbons (Fsp3) is 0.333. The third kappa shape index (κ3) is 2.22. The summed E-state index contributed by atoms with van der Waals surface area (Å²) in [5, 5.41) is 0. The molecule has 3 rings (SSSR count). The molecule has 0 saturated carbocycles. The molecule has 1 heterocycles. The van der Waals surface area contributed by atoms with Gasteiger partial charge in [-0.25, -0.2) is 0 Å². The van der Waals surface area contributed by atoms with Gasteiger partial charge < -0.3 is 10.3 Å². The van der Waals surface area contributed by atoms with Crippen LogP contribution in [0.15, 0.2) is 36.5 Å². The first kappa shape index (κ1) is 13.2. The number of hydrogen-bond donors (Lipinski definition) is 1. The van der Waals surface area contributed by atoms with Gasteiger partial charge in [-0.3, -0.25) is 0 Å². The van der Waals surface area contributed by atoms with Crippen LogP contribution < -0.4 is 5.73 Å². The number of benzene rings is 1. The Morgan fingerprint density at radius 3 is 2.45 bits per heavy atom. The molecule has 106 valence electrons. The minimum atomic E-state index is -4.29. The summed E-state index contributed by atoms with van der Waals surface area (Å²) in [4.78, 5) is 0. The molecule has 5 heteroatoms. The van der Waals surface area contributed by atoms with Crippen LogP contribution in [0.2, 0.25) is 0 Å². The van der Waals surface area contributed by atoms with Crippen molar-refractivity contribution in [2.24, 2.45) is 5.73 Å². The lowest BCUT2D eigenvalue weighted by Crippen LogP contribution is -2.17. The highest BCUT2D eigenvalue weighted by atomic mass is 19.4. The van der Waals surface area contributed by atoms with Gasteiger partial charge in [-0.05, 0) is 55.2 Å². The maximum absolute atomic E-state index is 12.6. The second-order valence-corrected chi connectivity index (χ2v) is 5.13. The van der Waals surface area contributed by atoms with Crippen LogP contribution >= 0.6 is 0 Å². The van der Waals surface area contributed by atoms with Crippen molar-refractivity contribution >= 4 is 0 Å². The van der Waals surface area contributed by atoms with Crippen molar-refractivity contribution in [3.63, 3.8) is 0 Å². The van der Waals surface area contributed by atoms with Crippen LogP contribution in [-0.4, -0.2) is 4.57 Å². The number of rotatable bonds is 1. The standard InChI is InChI=1S/C15H15F3N2/c16-15(17,18)10-4-6-11(7-5-10)20-9-8-12-13(19)2-1-3-14(12)20/h4-9,13H,1-3,19H2. The molecule has 0 bridgehead atoms. The molecule has 20 heavy (non-hydrogen) atoms. The average molecular weight is 280 g/mol. The minimum Gasteiger partial charge on any atom is -0.324 e. The van der Waals surface area contributed by atoms with Gasteiger partial charge in [-0.15, -0.1) is 0 Å². The van der Waals surface area contributed by atoms with E-state index in [1.165, 1.54) is 12.1 Å². The minimum absolute atomic E-state index is 0.0365. The largest absolute Gasteiger partial charge is 0.416 e. The van der Waals surface area contributed by atoms with Crippen LogP contribution in [0.25, 0.3) is 5.69 Å². The first-order chi connectivity index (χ1) is 9.47. The van der Waals surface area contributed by atoms with E-state index >= 15 is 0 Å². The topological polar surface area (TPSA) is 30.9 Å². The summed E-state index contributed by atoms with van der Waals surface area (Å²) in [7, 11) is 0. The van der Waals surface area contributed by atoms with E-state index in [1.807, 2.05) is 16.8 Å². The van der Waals surface area contributed by atoms with E-state index in [0.29, 0.717) is 0 Å². The van der Waals surface area contributed by atoms with Gasteiger partial charge in [0.25, 0.3) is 0 Å². The summed E-state index contributed by atoms with van der Waals surface area (Å²) in [6.07, 6.45) is 0.481. The molecule has 2 aromatic rings. The Morgan fingerprint density at radius 2 is 1.80 bits per heavy atom. The van der Waals surface area contributed by atoms with Gasteiger partial charge >= 0.3 is 6.18 Å². The fourth-order valence-electron chi connectivity index (χ4n) is 2.78. The fourth-order valence-corrected chi connectivity index (χ4v) is 2.78. The maximum Gasteiger partial charge on any atom is 0.416 e. The van der Waals surface area contributed by atoms with E-state index in [-0.39, 0.29) is 6.04 Å². The van der Waals surface area contributed by atoms with Crippen LogP contribution in [0.1, 0.15) is 35.7 Å². The molecule has 1 aromatic heterocycles. The molecule has 0 fully saturated rings. The monoisotopic (exact) mass is 280 g/mol. The molecule has 0 radical (unpaired) electrons. The zero-order chi connectivity index (χ0) is 14.3. The Balaban J connectivity index is 1.98. The quantitative estimate of drug-likeness (QED) is 0.845. The summed E-state index contributed by atoms with van der Waals surface area (Å²) in [5.74, 6) is 0. The SMILES string of the molecule is NC1CCCc2c1ccn2-c1ccc(C(F)(F)F)cc1. The molecule has 1 aromatic carbocycles. The predicted molar refractivity (Wildman–Crippen MR) is 70.6 cm³/mol. The zero-order valence-corrected chi connectivity index (χ0v) is 10.8. The van der Waals surface area contributed by atoms with Crippen LogP contribution in [0.5, 0.6) is 0 Å². The van der Waals surface area contributed by atoms with Crippen LogP contribution in [0, 0.1) is 0 Å². The van der Waals surface area contributed by atoms with Crippen molar-refractivity contribution in [2.75, 3.05) is 0 Å². The number of fused-ring (bicyclic) bond motifs is 1. The molecule has 1 unspecified atom stereocenters. The lowest BCUT2D eigenvalue weighted by atomic mass is 9.93. The maximum atomic E-state index is 12.6. The van der Waals surface area contributed by atoms with E-state index in [9.17, 15) is 13.2 Å². The third-order valence-electron chi connectivity index (χ3n) is 3.83. The molecule has 2 N–H and O–H groups in total. The highest BCUT2D eigenvalue weighted by molar-refractivity contribution is 5.42. The molecule has 1 atom stereocenters. The van der Waals surface area contributed by atoms with Gasteiger partial charge in [-0.1, -0.05) is 0 Å². The van der Waals surface area contributed by atoms with Gasteiger partial charge in [-0.2, -0.15) is 13.2 Å². The van der Waals surface area contributed by atoms with Crippen molar-refractivity contribution < 1.29 is 13.2 Å². The average Bonchev–Trinajstić information content (AvgIpc) is 2.83. The lowest BCUT2D eigenvalue weighted by molar-refractivity contribution is -0.137.